The summed E-state index contributed by atoms with van der Waals surface area (Å²) in [6.07, 6.45) is 16.1. The molecule has 1 aromatic carbocycles. The van der Waals surface area contributed by atoms with Crippen LogP contribution in [0.2, 0.25) is 0 Å². The minimum atomic E-state index is -0.722. The van der Waals surface area contributed by atoms with Crippen LogP contribution in [0.15, 0.2) is 24.3 Å². The maximum atomic E-state index is 11.4. The molecular formula is C22H24N4O3. The molecule has 7 nitrogen and oxygen atoms in total. The van der Waals surface area contributed by atoms with Gasteiger partial charge in [0.2, 0.25) is 0 Å². The maximum absolute atomic E-state index is 11.4. The second kappa shape index (κ2) is 9.59. The van der Waals surface area contributed by atoms with Crippen LogP contribution in [-0.2, 0) is 17.6 Å². The van der Waals surface area contributed by atoms with Crippen LogP contribution in [0.25, 0.3) is 5.69 Å². The van der Waals surface area contributed by atoms with Crippen molar-refractivity contribution < 1.29 is 14.7 Å². The minimum Gasteiger partial charge on any atom is -0.383 e. The van der Waals surface area contributed by atoms with Gasteiger partial charge in [0.1, 0.15) is 6.10 Å². The van der Waals surface area contributed by atoms with Crippen molar-refractivity contribution >= 4 is 11.8 Å². The highest BCUT2D eigenvalue weighted by atomic mass is 16.3. The van der Waals surface area contributed by atoms with Crippen LogP contribution in [0.5, 0.6) is 0 Å². The molecule has 4 rings (SSSR count). The lowest BCUT2D eigenvalue weighted by Crippen LogP contribution is -2.24. The number of primary amides is 1. The number of hydrogen-bond acceptors (Lipinski definition) is 4. The Kier molecular flexibility index (Phi) is 7.19. The number of likely N-dealkylation sites (tertiary alicyclic amines) is 1. The molecular weight excluding hydrogens is 368 g/mol. The number of aliphatic hydroxyl groups excluding tert-OH is 1. The molecule has 1 atom stereocenters. The van der Waals surface area contributed by atoms with Gasteiger partial charge in [0.05, 0.1) is 5.69 Å². The van der Waals surface area contributed by atoms with Crippen LogP contribution in [0.3, 0.4) is 0 Å². The molecule has 7 heteroatoms. The summed E-state index contributed by atoms with van der Waals surface area (Å²) in [6.45, 7) is 0.694. The maximum Gasteiger partial charge on any atom is 0.269 e. The first-order chi connectivity index (χ1) is 13.9. The summed E-state index contributed by atoms with van der Waals surface area (Å²) < 4.78 is 1.79. The molecule has 0 spiro atoms. The van der Waals surface area contributed by atoms with Crippen molar-refractivity contribution in [3.63, 3.8) is 0 Å². The van der Waals surface area contributed by atoms with E-state index in [1.807, 2.05) is 24.3 Å². The first kappa shape index (κ1) is 21.7. The molecule has 1 aromatic heterocycles. The van der Waals surface area contributed by atoms with E-state index < -0.39 is 12.0 Å². The third-order valence-electron chi connectivity index (χ3n) is 4.82. The van der Waals surface area contributed by atoms with Crippen molar-refractivity contribution in [3.05, 3.63) is 46.8 Å². The first-order valence-corrected chi connectivity index (χ1v) is 9.16. The Morgan fingerprint density at radius 3 is 2.59 bits per heavy atom. The molecule has 150 valence electrons. The van der Waals surface area contributed by atoms with Crippen molar-refractivity contribution in [2.45, 2.75) is 31.8 Å². The summed E-state index contributed by atoms with van der Waals surface area (Å²) in [5.41, 5.74) is 9.50. The van der Waals surface area contributed by atoms with Gasteiger partial charge < -0.3 is 15.7 Å². The van der Waals surface area contributed by atoms with Crippen LogP contribution >= 0.6 is 0 Å². The number of benzene rings is 1. The zero-order chi connectivity index (χ0) is 21.6. The van der Waals surface area contributed by atoms with Crippen molar-refractivity contribution in [2.24, 2.45) is 5.73 Å². The number of rotatable bonds is 2. The molecule has 1 aliphatic heterocycles. The molecule has 0 radical (unpaired) electrons. The number of aromatic nitrogens is 2. The molecule has 29 heavy (non-hydrogen) atoms. The van der Waals surface area contributed by atoms with Gasteiger partial charge in [0, 0.05) is 30.4 Å². The standard InChI is InChI=1S/C15H13N3O.C5H9NO2.C2H2/c1-2-10-5-3-6-11(9-10)18-13-8-4-7-12(13)14(17-18)15(16)19;1-6-3-2-4(7)5(6)8;1-2/h1,3,5-6,9H,4,7-8H2,(H2,16,19);4,7H,2-3H2,1H3;1-2H/t;4-;/m.0./s1. The monoisotopic (exact) mass is 392 g/mol. The summed E-state index contributed by atoms with van der Waals surface area (Å²) in [6, 6.07) is 7.56. The zero-order valence-corrected chi connectivity index (χ0v) is 16.3. The van der Waals surface area contributed by atoms with E-state index in [0.29, 0.717) is 18.7 Å². The van der Waals surface area contributed by atoms with Crippen molar-refractivity contribution in [2.75, 3.05) is 13.6 Å². The van der Waals surface area contributed by atoms with Crippen LogP contribution in [0, 0.1) is 25.2 Å². The third-order valence-corrected chi connectivity index (χ3v) is 4.82. The second-order valence-electron chi connectivity index (χ2n) is 6.66. The number of fused-ring (bicyclic) bond motifs is 1. The Hall–Kier alpha value is -3.55. The van der Waals surface area contributed by atoms with Gasteiger partial charge in [-0.15, -0.1) is 19.3 Å². The van der Waals surface area contributed by atoms with Gasteiger partial charge in [-0.25, -0.2) is 4.68 Å². The Balaban J connectivity index is 0.000000252. The largest absolute Gasteiger partial charge is 0.383 e. The topological polar surface area (TPSA) is 101 Å². The van der Waals surface area contributed by atoms with Gasteiger partial charge in [-0.2, -0.15) is 5.10 Å². The third kappa shape index (κ3) is 4.66. The molecule has 0 bridgehead atoms. The average molecular weight is 392 g/mol. The predicted molar refractivity (Wildman–Crippen MR) is 110 cm³/mol. The van der Waals surface area contributed by atoms with E-state index in [1.54, 1.807) is 11.7 Å². The van der Waals surface area contributed by atoms with E-state index in [4.69, 9.17) is 17.3 Å². The van der Waals surface area contributed by atoms with Crippen LogP contribution in [0.4, 0.5) is 0 Å². The van der Waals surface area contributed by atoms with Crippen molar-refractivity contribution in [1.82, 2.24) is 14.7 Å². The number of likely N-dealkylation sites (N-methyl/N-ethyl adjacent to an activating group) is 1. The van der Waals surface area contributed by atoms with E-state index in [9.17, 15) is 9.59 Å². The molecule has 1 fully saturated rings. The lowest BCUT2D eigenvalue weighted by atomic mass is 10.2. The smallest absolute Gasteiger partial charge is 0.269 e. The van der Waals surface area contributed by atoms with Gasteiger partial charge in [-0.3, -0.25) is 9.59 Å². The fraction of sp³-hybridized carbons (Fsp3) is 0.318. The highest BCUT2D eigenvalue weighted by Gasteiger charge is 2.26. The van der Waals surface area contributed by atoms with E-state index in [-0.39, 0.29) is 5.91 Å². The normalized spacial score (nSPS) is 16.7. The number of nitrogens with zero attached hydrogens (tertiary/aromatic N) is 3. The van der Waals surface area contributed by atoms with Gasteiger partial charge in [-0.1, -0.05) is 12.0 Å². The molecule has 2 amide bonds. The SMILES string of the molecule is C#C.C#Cc1cccc(-n2nc(C(N)=O)c3c2CCC3)c1.CN1CC[C@H](O)C1=O. The van der Waals surface area contributed by atoms with Crippen LogP contribution < -0.4 is 5.73 Å². The fourth-order valence-electron chi connectivity index (χ4n) is 3.38. The van der Waals surface area contributed by atoms with E-state index in [1.165, 1.54) is 4.90 Å². The molecule has 1 aliphatic carbocycles. The average Bonchev–Trinajstić information content (AvgIpc) is 3.42. The Bertz CT molecular complexity index is 956. The number of carbonyl (C=O) groups excluding carboxylic acids is 2. The molecule has 3 N–H and O–H groups in total. The molecule has 0 saturated carbocycles. The molecule has 2 aromatic rings. The van der Waals surface area contributed by atoms with Gasteiger partial charge >= 0.3 is 0 Å². The summed E-state index contributed by atoms with van der Waals surface area (Å²) in [4.78, 5) is 23.6. The lowest BCUT2D eigenvalue weighted by Gasteiger charge is -2.05. The lowest BCUT2D eigenvalue weighted by molar-refractivity contribution is -0.133. The number of amides is 2. The first-order valence-electron chi connectivity index (χ1n) is 9.16. The van der Waals surface area contributed by atoms with Crippen LogP contribution in [-0.4, -0.2) is 51.3 Å². The Morgan fingerprint density at radius 1 is 1.34 bits per heavy atom. The van der Waals surface area contributed by atoms with E-state index in [0.717, 1.165) is 41.8 Å². The van der Waals surface area contributed by atoms with Crippen molar-refractivity contribution in [3.8, 4) is 30.9 Å². The molecule has 1 saturated heterocycles. The van der Waals surface area contributed by atoms with E-state index in [2.05, 4.69) is 23.9 Å². The second-order valence-corrected chi connectivity index (χ2v) is 6.66. The van der Waals surface area contributed by atoms with Crippen LogP contribution in [0.1, 0.15) is 40.2 Å². The zero-order valence-electron chi connectivity index (χ0n) is 16.3. The summed E-state index contributed by atoms with van der Waals surface area (Å²) >= 11 is 0. The number of terminal acetylenes is 2. The predicted octanol–water partition coefficient (Wildman–Crippen LogP) is 0.900. The number of carbonyl (C=O) groups is 2. The fourth-order valence-corrected chi connectivity index (χ4v) is 3.38. The Labute approximate surface area is 170 Å². The summed E-state index contributed by atoms with van der Waals surface area (Å²) in [5.74, 6) is 1.99. The van der Waals surface area contributed by atoms with Gasteiger partial charge in [-0.05, 0) is 43.9 Å². The summed E-state index contributed by atoms with van der Waals surface area (Å²) in [7, 11) is 1.69. The number of hydrogen-bond donors (Lipinski definition) is 2. The molecule has 2 heterocycles. The molecule has 2 aliphatic rings. The Morgan fingerprint density at radius 2 is 2.07 bits per heavy atom. The summed E-state index contributed by atoms with van der Waals surface area (Å²) in [5, 5.41) is 13.1. The highest BCUT2D eigenvalue weighted by molar-refractivity contribution is 5.92. The number of nitrogens with two attached hydrogens (primary N) is 1. The molecule has 0 unspecified atom stereocenters. The quantitative estimate of drug-likeness (QED) is 0.742. The van der Waals surface area contributed by atoms with Gasteiger partial charge in [0.25, 0.3) is 11.8 Å². The highest BCUT2D eigenvalue weighted by Crippen LogP contribution is 2.27. The van der Waals surface area contributed by atoms with Crippen molar-refractivity contribution in [1.29, 1.82) is 0 Å². The minimum absolute atomic E-state index is 0.148. The van der Waals surface area contributed by atoms with E-state index >= 15 is 0 Å². The van der Waals surface area contributed by atoms with Gasteiger partial charge in [0.15, 0.2) is 5.69 Å². The number of aliphatic hydroxyl groups is 1.